The molecule has 8 aromatic carbocycles. The summed E-state index contributed by atoms with van der Waals surface area (Å²) >= 11 is 0. The first-order valence-corrected chi connectivity index (χ1v) is 19.3. The third-order valence-corrected chi connectivity index (χ3v) is 11.5. The first kappa shape index (κ1) is 32.1. The molecule has 11 rings (SSSR count). The molecule has 4 heteroatoms. The molecule has 0 bridgehead atoms. The van der Waals surface area contributed by atoms with Crippen LogP contribution in [0.1, 0.15) is 23.1 Å². The molecule has 0 amide bonds. The highest BCUT2D eigenvalue weighted by molar-refractivity contribution is 6.13. The van der Waals surface area contributed by atoms with E-state index in [1.807, 2.05) is 18.2 Å². The Balaban J connectivity index is 0.985. The minimum absolute atomic E-state index is 0.648. The molecular weight excluding hydrogens is 683 g/mol. The first-order chi connectivity index (χ1) is 27.7. The predicted octanol–water partition coefficient (Wildman–Crippen LogP) is 13.5. The van der Waals surface area contributed by atoms with Crippen molar-refractivity contribution in [3.8, 4) is 28.6 Å². The number of aromatic nitrogens is 2. The van der Waals surface area contributed by atoms with E-state index in [4.69, 9.17) is 4.42 Å². The molecule has 264 valence electrons. The summed E-state index contributed by atoms with van der Waals surface area (Å²) < 4.78 is 11.1. The van der Waals surface area contributed by atoms with Crippen molar-refractivity contribution in [1.82, 2.24) is 9.13 Å². The quantitative estimate of drug-likeness (QED) is 0.165. The normalized spacial score (nSPS) is 11.8. The molecule has 0 spiro atoms. The van der Waals surface area contributed by atoms with Gasteiger partial charge in [0.1, 0.15) is 11.2 Å². The zero-order valence-electron chi connectivity index (χ0n) is 30.6. The van der Waals surface area contributed by atoms with Crippen LogP contribution in [-0.2, 0) is 12.8 Å². The van der Waals surface area contributed by atoms with Gasteiger partial charge in [-0.05, 0) is 126 Å². The molecular formula is C52H35N3O. The molecule has 3 aromatic heterocycles. The maximum Gasteiger partial charge on any atom is 0.138 e. The Kier molecular flexibility index (Phi) is 7.40. The molecule has 0 aliphatic rings. The average molecular weight is 718 g/mol. The van der Waals surface area contributed by atoms with Crippen LogP contribution in [0.3, 0.4) is 0 Å². The van der Waals surface area contributed by atoms with Gasteiger partial charge in [0, 0.05) is 43.7 Å². The number of para-hydroxylation sites is 4. The summed E-state index contributed by atoms with van der Waals surface area (Å²) in [6.07, 6.45) is 2.84. The van der Waals surface area contributed by atoms with E-state index in [1.54, 1.807) is 0 Å². The number of furan rings is 1. The number of aryl methyl sites for hydroxylation is 2. The van der Waals surface area contributed by atoms with Crippen molar-refractivity contribution in [3.63, 3.8) is 0 Å². The molecule has 0 unspecified atom stereocenters. The van der Waals surface area contributed by atoms with Gasteiger partial charge in [0.25, 0.3) is 0 Å². The van der Waals surface area contributed by atoms with Crippen molar-refractivity contribution in [2.45, 2.75) is 19.3 Å². The van der Waals surface area contributed by atoms with Crippen LogP contribution in [-0.4, -0.2) is 9.13 Å². The lowest BCUT2D eigenvalue weighted by molar-refractivity contribution is 0.659. The van der Waals surface area contributed by atoms with E-state index in [1.165, 1.54) is 71.6 Å². The van der Waals surface area contributed by atoms with E-state index in [9.17, 15) is 5.26 Å². The Morgan fingerprint density at radius 3 is 1.73 bits per heavy atom. The first-order valence-electron chi connectivity index (χ1n) is 19.3. The Hall–Kier alpha value is -7.35. The van der Waals surface area contributed by atoms with Gasteiger partial charge in [0.05, 0.1) is 33.7 Å². The van der Waals surface area contributed by atoms with Gasteiger partial charge < -0.3 is 13.6 Å². The molecule has 0 aliphatic heterocycles. The lowest BCUT2D eigenvalue weighted by Crippen LogP contribution is -1.94. The summed E-state index contributed by atoms with van der Waals surface area (Å²) in [6.45, 7) is 0. The van der Waals surface area contributed by atoms with Crippen LogP contribution in [0.15, 0.2) is 180 Å². The van der Waals surface area contributed by atoms with Gasteiger partial charge >= 0.3 is 0 Å². The fourth-order valence-electron chi connectivity index (χ4n) is 8.87. The number of nitrogens with zero attached hydrogens (tertiary/aromatic N) is 3. The molecule has 0 radical (unpaired) electrons. The summed E-state index contributed by atoms with van der Waals surface area (Å²) in [5.41, 5.74) is 14.5. The second kappa shape index (κ2) is 12.9. The van der Waals surface area contributed by atoms with Crippen LogP contribution in [0.2, 0.25) is 0 Å². The average Bonchev–Trinajstić information content (AvgIpc) is 3.91. The van der Waals surface area contributed by atoms with Gasteiger partial charge in [-0.1, -0.05) is 91.0 Å². The molecule has 0 aliphatic carbocycles. The highest BCUT2D eigenvalue weighted by atomic mass is 16.3. The lowest BCUT2D eigenvalue weighted by atomic mass is 9.99. The second-order valence-corrected chi connectivity index (χ2v) is 14.7. The number of hydrogen-bond donors (Lipinski definition) is 0. The molecule has 0 fully saturated rings. The highest BCUT2D eigenvalue weighted by Gasteiger charge is 2.17. The Morgan fingerprint density at radius 1 is 0.446 bits per heavy atom. The summed E-state index contributed by atoms with van der Waals surface area (Å²) in [6, 6.07) is 65.2. The monoisotopic (exact) mass is 717 g/mol. The minimum atomic E-state index is 0.648. The third kappa shape index (κ3) is 5.13. The van der Waals surface area contributed by atoms with E-state index in [-0.39, 0.29) is 0 Å². The molecule has 0 atom stereocenters. The largest absolute Gasteiger partial charge is 0.456 e. The number of fused-ring (bicyclic) bond motifs is 9. The Bertz CT molecular complexity index is 3340. The van der Waals surface area contributed by atoms with E-state index in [0.29, 0.717) is 5.56 Å². The molecule has 4 nitrogen and oxygen atoms in total. The number of benzene rings is 8. The molecule has 0 saturated carbocycles. The maximum absolute atomic E-state index is 9.45. The van der Waals surface area contributed by atoms with Crippen LogP contribution < -0.4 is 0 Å². The van der Waals surface area contributed by atoms with Crippen molar-refractivity contribution in [3.05, 3.63) is 193 Å². The number of rotatable bonds is 7. The summed E-state index contributed by atoms with van der Waals surface area (Å²) in [5, 5.41) is 16.5. The Morgan fingerprint density at radius 2 is 1.04 bits per heavy atom. The molecule has 11 aromatic rings. The second-order valence-electron chi connectivity index (χ2n) is 14.7. The minimum Gasteiger partial charge on any atom is -0.456 e. The van der Waals surface area contributed by atoms with Crippen LogP contribution in [0.4, 0.5) is 0 Å². The van der Waals surface area contributed by atoms with Gasteiger partial charge in [-0.15, -0.1) is 0 Å². The summed E-state index contributed by atoms with van der Waals surface area (Å²) in [7, 11) is 0. The summed E-state index contributed by atoms with van der Waals surface area (Å²) in [5.74, 6) is 0. The standard InChI is InChI=1S/C52H35N3O/c53-33-35-22-28-51-46(30-35)42-19-10-13-36(52(42)56-51)12-9-11-34-21-25-48-43(29-34)45-32-38(24-27-50(45)55(48)40-16-5-2-6-17-40)37-23-26-49-44(31-37)41-18-7-8-20-47(41)54(49)39-14-3-1-4-15-39/h1-8,10,13-32H,9,11-12H2. The van der Waals surface area contributed by atoms with E-state index < -0.39 is 0 Å². The maximum atomic E-state index is 9.45. The SMILES string of the molecule is N#Cc1ccc2oc3c(CCCc4ccc5c(c4)c4cc(-c6ccc7c(c6)c6ccccc6n7-c6ccccc6)ccc4n5-c4ccccc4)cccc3c2c1. The van der Waals surface area contributed by atoms with Crippen molar-refractivity contribution >= 4 is 65.6 Å². The van der Waals surface area contributed by atoms with Crippen molar-refractivity contribution in [2.75, 3.05) is 0 Å². The Labute approximate surface area is 323 Å². The molecule has 3 heterocycles. The van der Waals surface area contributed by atoms with Crippen LogP contribution in [0, 0.1) is 11.3 Å². The predicted molar refractivity (Wildman–Crippen MR) is 231 cm³/mol. The number of nitriles is 1. The smallest absolute Gasteiger partial charge is 0.138 e. The van der Waals surface area contributed by atoms with Gasteiger partial charge in [0.15, 0.2) is 0 Å². The zero-order valence-corrected chi connectivity index (χ0v) is 30.6. The molecule has 56 heavy (non-hydrogen) atoms. The zero-order chi connectivity index (χ0) is 37.2. The van der Waals surface area contributed by atoms with Crippen LogP contribution >= 0.6 is 0 Å². The summed E-state index contributed by atoms with van der Waals surface area (Å²) in [4.78, 5) is 0. The van der Waals surface area contributed by atoms with Crippen LogP contribution in [0.5, 0.6) is 0 Å². The van der Waals surface area contributed by atoms with Gasteiger partial charge in [-0.2, -0.15) is 5.26 Å². The van der Waals surface area contributed by atoms with Gasteiger partial charge in [0.2, 0.25) is 0 Å². The molecule has 0 saturated heterocycles. The van der Waals surface area contributed by atoms with Crippen molar-refractivity contribution in [2.24, 2.45) is 0 Å². The van der Waals surface area contributed by atoms with E-state index >= 15 is 0 Å². The highest BCUT2D eigenvalue weighted by Crippen LogP contribution is 2.39. The third-order valence-electron chi connectivity index (χ3n) is 11.5. The number of hydrogen-bond acceptors (Lipinski definition) is 2. The molecule has 0 N–H and O–H groups in total. The van der Waals surface area contributed by atoms with Gasteiger partial charge in [-0.25, -0.2) is 0 Å². The van der Waals surface area contributed by atoms with Gasteiger partial charge in [-0.3, -0.25) is 0 Å². The van der Waals surface area contributed by atoms with E-state index in [0.717, 1.165) is 46.9 Å². The van der Waals surface area contributed by atoms with Crippen molar-refractivity contribution < 1.29 is 4.42 Å². The lowest BCUT2D eigenvalue weighted by Gasteiger charge is -2.09. The van der Waals surface area contributed by atoms with Crippen LogP contribution in [0.25, 0.3) is 88.1 Å². The van der Waals surface area contributed by atoms with Crippen molar-refractivity contribution in [1.29, 1.82) is 5.26 Å². The fourth-order valence-corrected chi connectivity index (χ4v) is 8.87. The van der Waals surface area contributed by atoms with E-state index in [2.05, 4.69) is 173 Å². The topological polar surface area (TPSA) is 46.8 Å². The fraction of sp³-hybridized carbons (Fsp3) is 0.0577.